The molecule has 0 amide bonds. The molecule has 2 aliphatic rings. The number of ether oxygens (including phenoxy) is 4. The van der Waals surface area contributed by atoms with E-state index >= 15 is 4.39 Å². The number of ketones is 1. The molecule has 2 aromatic carbocycles. The number of pyridine rings is 5. The monoisotopic (exact) mass is 890 g/mol. The van der Waals surface area contributed by atoms with Crippen molar-refractivity contribution in [3.63, 3.8) is 0 Å². The van der Waals surface area contributed by atoms with E-state index in [1.54, 1.807) is 61.2 Å². The van der Waals surface area contributed by atoms with Crippen LogP contribution in [0.3, 0.4) is 0 Å². The molecule has 0 unspecified atom stereocenters. The van der Waals surface area contributed by atoms with Gasteiger partial charge >= 0.3 is 0 Å². The molecule has 2 aliphatic heterocycles. The summed E-state index contributed by atoms with van der Waals surface area (Å²) in [7, 11) is 0. The highest BCUT2D eigenvalue weighted by Gasteiger charge is 2.17. The average molecular weight is 891 g/mol. The van der Waals surface area contributed by atoms with Crippen molar-refractivity contribution in [1.82, 2.24) is 34.3 Å². The van der Waals surface area contributed by atoms with Crippen LogP contribution in [0, 0.1) is 11.6 Å². The Morgan fingerprint density at radius 1 is 0.719 bits per heavy atom. The maximum absolute atomic E-state index is 15.2. The van der Waals surface area contributed by atoms with Crippen molar-refractivity contribution >= 4 is 50.6 Å². The smallest absolute Gasteiger partial charge is 0.265 e. The minimum absolute atomic E-state index is 0.0420. The van der Waals surface area contributed by atoms with Crippen LogP contribution in [0.25, 0.3) is 27.5 Å². The summed E-state index contributed by atoms with van der Waals surface area (Å²) < 4.78 is 52.0. The van der Waals surface area contributed by atoms with Gasteiger partial charge in [0.2, 0.25) is 11.8 Å². The summed E-state index contributed by atoms with van der Waals surface area (Å²) >= 11 is 6.08. The molecule has 7 heterocycles. The first-order valence-corrected chi connectivity index (χ1v) is 21.2. The normalized spacial score (nSPS) is 14.5. The number of morpholine rings is 2. The zero-order valence-electron chi connectivity index (χ0n) is 34.8. The molecule has 0 atom stereocenters. The maximum atomic E-state index is 15.2. The van der Waals surface area contributed by atoms with Crippen LogP contribution in [-0.2, 0) is 15.9 Å². The summed E-state index contributed by atoms with van der Waals surface area (Å²) in [4.78, 5) is 48.0. The van der Waals surface area contributed by atoms with Gasteiger partial charge < -0.3 is 24.3 Å². The third-order valence-electron chi connectivity index (χ3n) is 10.7. The van der Waals surface area contributed by atoms with E-state index in [1.807, 2.05) is 6.07 Å². The van der Waals surface area contributed by atoms with Crippen molar-refractivity contribution < 1.29 is 32.5 Å². The molecule has 0 bridgehead atoms. The number of rotatable bonds is 14. The average Bonchev–Trinajstić information content (AvgIpc) is 3.31. The topological polar surface area (TPSA) is 146 Å². The molecule has 2 fully saturated rings. The number of aromatic nitrogens is 5. The fourth-order valence-corrected chi connectivity index (χ4v) is 7.40. The van der Waals surface area contributed by atoms with Gasteiger partial charge in [0.15, 0.2) is 5.78 Å². The van der Waals surface area contributed by atoms with Gasteiger partial charge in [-0.2, -0.15) is 0 Å². The number of fused-ring (bicyclic) bond motifs is 2. The van der Waals surface area contributed by atoms with Gasteiger partial charge in [0.05, 0.1) is 59.4 Å². The number of hydrogen-bond acceptors (Lipinski definition) is 13. The highest BCUT2D eigenvalue weighted by atomic mass is 35.5. The summed E-state index contributed by atoms with van der Waals surface area (Å²) in [6, 6.07) is 19.9. The van der Waals surface area contributed by atoms with E-state index in [0.29, 0.717) is 57.8 Å². The van der Waals surface area contributed by atoms with Gasteiger partial charge in [0.1, 0.15) is 24.8 Å². The van der Waals surface area contributed by atoms with Crippen molar-refractivity contribution in [2.45, 2.75) is 6.42 Å². The van der Waals surface area contributed by atoms with Gasteiger partial charge in [-0.05, 0) is 66.2 Å². The van der Waals surface area contributed by atoms with Crippen molar-refractivity contribution in [3.05, 3.63) is 148 Å². The minimum Gasteiger partial charge on any atom is -0.476 e. The molecule has 1 N–H and O–H groups in total. The van der Waals surface area contributed by atoms with Crippen LogP contribution in [0.1, 0.15) is 15.9 Å². The van der Waals surface area contributed by atoms with Crippen LogP contribution in [-0.4, -0.2) is 119 Å². The number of carbonyl (C=O) groups excluding carboxylic acids is 1. The Bertz CT molecular complexity index is 2770. The summed E-state index contributed by atoms with van der Waals surface area (Å²) in [5, 5.41) is 5.28. The number of halogens is 3. The standard InChI is InChI=1S/C33H29F2N5O4.C14H16ClN3O2/c34-23-4-6-24(7-5-23)40-11-1-2-25(33(40)42)31(41)19-22-3-8-29(27(35)18-22)38-28-9-10-36-30-20-32(37-21-26(28)30)44-17-14-39-12-15-43-16-13-39;15-12-1-2-16-13-9-14(17-10-11(12)13)20-8-5-18-3-6-19-7-4-18/h1-11,18,20-21H,12-17,19H2,(H,36,38);1-2,9-10H,3-8H2. The van der Waals surface area contributed by atoms with Crippen molar-refractivity contribution in [2.75, 3.05) is 84.2 Å². The summed E-state index contributed by atoms with van der Waals surface area (Å²) in [5.74, 6) is -0.412. The van der Waals surface area contributed by atoms with E-state index in [0.717, 1.165) is 76.6 Å². The molecule has 7 aromatic rings. The highest BCUT2D eigenvalue weighted by molar-refractivity contribution is 6.35. The third kappa shape index (κ3) is 11.4. The first kappa shape index (κ1) is 44.2. The minimum atomic E-state index is -0.562. The lowest BCUT2D eigenvalue weighted by Crippen LogP contribution is -2.38. The molecular formula is C47H45ClF2N8O6. The van der Waals surface area contributed by atoms with Crippen LogP contribution in [0.5, 0.6) is 11.8 Å². The second kappa shape index (κ2) is 21.3. The zero-order valence-corrected chi connectivity index (χ0v) is 35.6. The lowest BCUT2D eigenvalue weighted by atomic mass is 10.0. The van der Waals surface area contributed by atoms with Gasteiger partial charge in [-0.3, -0.25) is 33.9 Å². The number of Topliss-reactive ketones (excluding diaryl/α,β-unsaturated/α-hetero) is 1. The largest absolute Gasteiger partial charge is 0.476 e. The summed E-state index contributed by atoms with van der Waals surface area (Å²) in [5.41, 5.74) is 2.52. The van der Waals surface area contributed by atoms with Crippen LogP contribution < -0.4 is 20.3 Å². The zero-order chi connectivity index (χ0) is 44.3. The molecule has 0 saturated carbocycles. The number of carbonyl (C=O) groups is 1. The van der Waals surface area contributed by atoms with E-state index in [9.17, 15) is 14.0 Å². The second-order valence-corrected chi connectivity index (χ2v) is 15.4. The van der Waals surface area contributed by atoms with Crippen LogP contribution in [0.2, 0.25) is 5.02 Å². The molecule has 17 heteroatoms. The Labute approximate surface area is 372 Å². The van der Waals surface area contributed by atoms with E-state index in [2.05, 4.69) is 35.1 Å². The van der Waals surface area contributed by atoms with Gasteiger partial charge in [-0.1, -0.05) is 17.7 Å². The molecule has 64 heavy (non-hydrogen) atoms. The van der Waals surface area contributed by atoms with Crippen molar-refractivity contribution in [2.24, 2.45) is 0 Å². The Morgan fingerprint density at radius 2 is 1.33 bits per heavy atom. The molecule has 5 aromatic heterocycles. The molecule has 2 saturated heterocycles. The fourth-order valence-electron chi connectivity index (χ4n) is 7.19. The fraction of sp³-hybridized carbons (Fsp3) is 0.277. The van der Waals surface area contributed by atoms with E-state index in [1.165, 1.54) is 47.2 Å². The van der Waals surface area contributed by atoms with Crippen molar-refractivity contribution in [3.8, 4) is 17.4 Å². The quantitative estimate of drug-likeness (QED) is 0.113. The molecule has 9 rings (SSSR count). The first-order chi connectivity index (χ1) is 31.3. The molecule has 14 nitrogen and oxygen atoms in total. The van der Waals surface area contributed by atoms with Crippen LogP contribution >= 0.6 is 11.6 Å². The van der Waals surface area contributed by atoms with E-state index in [-0.39, 0.29) is 17.7 Å². The predicted octanol–water partition coefficient (Wildman–Crippen LogP) is 6.93. The van der Waals surface area contributed by atoms with Gasteiger partial charge in [-0.15, -0.1) is 0 Å². The van der Waals surface area contributed by atoms with E-state index in [4.69, 9.17) is 30.5 Å². The molecule has 0 spiro atoms. The molecule has 0 radical (unpaired) electrons. The molecule has 330 valence electrons. The maximum Gasteiger partial charge on any atom is 0.265 e. The van der Waals surface area contributed by atoms with Gasteiger partial charge in [0.25, 0.3) is 5.56 Å². The highest BCUT2D eigenvalue weighted by Crippen LogP contribution is 2.29. The van der Waals surface area contributed by atoms with Crippen LogP contribution in [0.15, 0.2) is 115 Å². The second-order valence-electron chi connectivity index (χ2n) is 14.9. The van der Waals surface area contributed by atoms with Crippen molar-refractivity contribution in [1.29, 1.82) is 0 Å². The Kier molecular flexibility index (Phi) is 14.7. The van der Waals surface area contributed by atoms with E-state index < -0.39 is 23.0 Å². The van der Waals surface area contributed by atoms with Gasteiger partial charge in [-0.25, -0.2) is 18.7 Å². The summed E-state index contributed by atoms with van der Waals surface area (Å²) in [6.45, 7) is 9.51. The summed E-state index contributed by atoms with van der Waals surface area (Å²) in [6.07, 6.45) is 7.97. The predicted molar refractivity (Wildman–Crippen MR) is 239 cm³/mol. The number of hydrogen-bond donors (Lipinski definition) is 1. The first-order valence-electron chi connectivity index (χ1n) is 20.8. The Balaban J connectivity index is 0.000000233. The third-order valence-corrected chi connectivity index (χ3v) is 11.0. The number of anilines is 2. The lowest BCUT2D eigenvalue weighted by molar-refractivity contribution is 0.0319. The SMILES string of the molecule is Clc1ccnc2cc(OCCN3CCOCC3)ncc12.O=C(Cc1ccc(Nc2ccnc3cc(OCCN4CCOCC4)ncc23)c(F)c1)c1cccn(-c2ccc(F)cc2)c1=O. The Morgan fingerprint density at radius 3 is 1.97 bits per heavy atom. The number of nitrogens with one attached hydrogen (secondary N) is 1. The molecule has 0 aliphatic carbocycles. The molecular weight excluding hydrogens is 846 g/mol. The number of nitrogens with zero attached hydrogens (tertiary/aromatic N) is 7. The lowest BCUT2D eigenvalue weighted by Gasteiger charge is -2.26. The van der Waals surface area contributed by atoms with Crippen LogP contribution in [0.4, 0.5) is 20.2 Å². The number of benzene rings is 2. The van der Waals surface area contributed by atoms with Gasteiger partial charge in [0, 0.05) is 105 Å². The Hall–Kier alpha value is -6.43.